The van der Waals surface area contributed by atoms with Gasteiger partial charge in [0.05, 0.1) is 11.6 Å². The van der Waals surface area contributed by atoms with E-state index in [-0.39, 0.29) is 5.78 Å². The van der Waals surface area contributed by atoms with E-state index in [1.54, 1.807) is 12.1 Å². The number of hydrogen-bond acceptors (Lipinski definition) is 4. The Hall–Kier alpha value is -1.36. The van der Waals surface area contributed by atoms with Crippen molar-refractivity contribution in [2.24, 2.45) is 0 Å². The van der Waals surface area contributed by atoms with Crippen LogP contribution >= 0.6 is 11.6 Å². The molecule has 2 aromatic rings. The number of nitrogens with zero attached hydrogens (tertiary/aromatic N) is 1. The van der Waals surface area contributed by atoms with Crippen LogP contribution in [0.2, 0.25) is 5.02 Å². The van der Waals surface area contributed by atoms with E-state index in [1.165, 1.54) is 0 Å². The molecule has 21 heavy (non-hydrogen) atoms. The fourth-order valence-electron chi connectivity index (χ4n) is 2.69. The normalized spacial score (nSPS) is 20.0. The van der Waals surface area contributed by atoms with Crippen LogP contribution in [0.25, 0.3) is 11.0 Å². The van der Waals surface area contributed by atoms with Crippen LogP contribution in [0.3, 0.4) is 0 Å². The van der Waals surface area contributed by atoms with Crippen molar-refractivity contribution >= 4 is 28.4 Å². The number of para-hydroxylation sites is 1. The Labute approximate surface area is 128 Å². The number of ketones is 1. The molecule has 1 aromatic heterocycles. The SMILES string of the molecule is CCCN1CCOC(C(=O)c2cc3cccc(Cl)c3o2)C1. The summed E-state index contributed by atoms with van der Waals surface area (Å²) < 4.78 is 11.2. The van der Waals surface area contributed by atoms with Crippen LogP contribution in [-0.4, -0.2) is 43.0 Å². The van der Waals surface area contributed by atoms with E-state index >= 15 is 0 Å². The number of Topliss-reactive ketones (excluding diaryl/α,β-unsaturated/α-hetero) is 1. The Balaban J connectivity index is 1.81. The highest BCUT2D eigenvalue weighted by Crippen LogP contribution is 2.27. The average molecular weight is 308 g/mol. The third-order valence-corrected chi connectivity index (χ3v) is 4.02. The molecule has 0 aliphatic carbocycles. The Morgan fingerprint density at radius 2 is 2.33 bits per heavy atom. The smallest absolute Gasteiger partial charge is 0.227 e. The van der Waals surface area contributed by atoms with Crippen molar-refractivity contribution in [3.8, 4) is 0 Å². The lowest BCUT2D eigenvalue weighted by Crippen LogP contribution is -2.46. The van der Waals surface area contributed by atoms with Gasteiger partial charge in [-0.05, 0) is 25.1 Å². The maximum Gasteiger partial charge on any atom is 0.227 e. The van der Waals surface area contributed by atoms with Gasteiger partial charge in [0.15, 0.2) is 11.3 Å². The number of fused-ring (bicyclic) bond motifs is 1. The van der Waals surface area contributed by atoms with Crippen molar-refractivity contribution in [2.75, 3.05) is 26.2 Å². The minimum Gasteiger partial charge on any atom is -0.451 e. The topological polar surface area (TPSA) is 42.7 Å². The van der Waals surface area contributed by atoms with Gasteiger partial charge in [-0.2, -0.15) is 0 Å². The lowest BCUT2D eigenvalue weighted by atomic mass is 10.1. The zero-order valence-corrected chi connectivity index (χ0v) is 12.7. The van der Waals surface area contributed by atoms with Crippen LogP contribution in [-0.2, 0) is 4.74 Å². The monoisotopic (exact) mass is 307 g/mol. The van der Waals surface area contributed by atoms with Crippen molar-refractivity contribution < 1.29 is 13.9 Å². The van der Waals surface area contributed by atoms with E-state index in [9.17, 15) is 4.79 Å². The number of carbonyl (C=O) groups excluding carboxylic acids is 1. The minimum absolute atomic E-state index is 0.108. The highest BCUT2D eigenvalue weighted by molar-refractivity contribution is 6.34. The van der Waals surface area contributed by atoms with E-state index in [0.717, 1.165) is 24.9 Å². The van der Waals surface area contributed by atoms with Gasteiger partial charge in [0.2, 0.25) is 5.78 Å². The highest BCUT2D eigenvalue weighted by atomic mass is 35.5. The van der Waals surface area contributed by atoms with Crippen molar-refractivity contribution in [3.05, 3.63) is 35.0 Å². The molecule has 1 aromatic carbocycles. The van der Waals surface area contributed by atoms with Crippen LogP contribution in [0.4, 0.5) is 0 Å². The third-order valence-electron chi connectivity index (χ3n) is 3.72. The highest BCUT2D eigenvalue weighted by Gasteiger charge is 2.29. The molecule has 3 rings (SSSR count). The molecule has 0 saturated carbocycles. The molecular formula is C16H18ClNO3. The summed E-state index contributed by atoms with van der Waals surface area (Å²) in [5.74, 6) is 0.213. The molecule has 112 valence electrons. The van der Waals surface area contributed by atoms with E-state index < -0.39 is 6.10 Å². The van der Waals surface area contributed by atoms with Gasteiger partial charge < -0.3 is 9.15 Å². The molecule has 1 saturated heterocycles. The van der Waals surface area contributed by atoms with Gasteiger partial charge in [0.25, 0.3) is 0 Å². The zero-order valence-electron chi connectivity index (χ0n) is 12.0. The standard InChI is InChI=1S/C16H18ClNO3/c1-2-6-18-7-8-20-14(10-18)15(19)13-9-11-4-3-5-12(17)16(11)21-13/h3-5,9,14H,2,6-8,10H2,1H3. The summed E-state index contributed by atoms with van der Waals surface area (Å²) in [6.45, 7) is 5.20. The molecular weight excluding hydrogens is 290 g/mol. The summed E-state index contributed by atoms with van der Waals surface area (Å²) in [6, 6.07) is 7.22. The van der Waals surface area contributed by atoms with Crippen molar-refractivity contribution in [1.29, 1.82) is 0 Å². The molecule has 4 nitrogen and oxygen atoms in total. The Morgan fingerprint density at radius 1 is 1.48 bits per heavy atom. The number of halogens is 1. The first-order valence-electron chi connectivity index (χ1n) is 7.25. The van der Waals surface area contributed by atoms with Gasteiger partial charge in [-0.3, -0.25) is 9.69 Å². The number of benzene rings is 1. The van der Waals surface area contributed by atoms with Crippen molar-refractivity contribution in [1.82, 2.24) is 4.90 Å². The molecule has 0 radical (unpaired) electrons. The van der Waals surface area contributed by atoms with E-state index in [4.69, 9.17) is 20.8 Å². The van der Waals surface area contributed by atoms with Crippen molar-refractivity contribution in [2.45, 2.75) is 19.4 Å². The Morgan fingerprint density at radius 3 is 3.10 bits per heavy atom. The molecule has 0 N–H and O–H groups in total. The molecule has 1 atom stereocenters. The minimum atomic E-state index is -0.454. The predicted molar refractivity (Wildman–Crippen MR) is 82.0 cm³/mol. The summed E-state index contributed by atoms with van der Waals surface area (Å²) in [5.41, 5.74) is 0.559. The Bertz CT molecular complexity index is 650. The summed E-state index contributed by atoms with van der Waals surface area (Å²) in [7, 11) is 0. The van der Waals surface area contributed by atoms with Crippen LogP contribution in [0.15, 0.2) is 28.7 Å². The summed E-state index contributed by atoms with van der Waals surface area (Å²) in [5, 5.41) is 1.36. The van der Waals surface area contributed by atoms with Gasteiger partial charge in [-0.25, -0.2) is 0 Å². The lowest BCUT2D eigenvalue weighted by molar-refractivity contribution is -0.0175. The summed E-state index contributed by atoms with van der Waals surface area (Å²) >= 11 is 6.08. The van der Waals surface area contributed by atoms with Crippen LogP contribution in [0, 0.1) is 0 Å². The summed E-state index contributed by atoms with van der Waals surface area (Å²) in [4.78, 5) is 14.8. The second kappa shape index (κ2) is 6.18. The number of ether oxygens (including phenoxy) is 1. The molecule has 1 aliphatic rings. The number of carbonyl (C=O) groups is 1. The number of furan rings is 1. The average Bonchev–Trinajstić information content (AvgIpc) is 2.93. The molecule has 0 bridgehead atoms. The maximum absolute atomic E-state index is 12.5. The molecule has 1 unspecified atom stereocenters. The van der Waals surface area contributed by atoms with Crippen LogP contribution in [0.1, 0.15) is 23.9 Å². The maximum atomic E-state index is 12.5. The third kappa shape index (κ3) is 2.98. The quantitative estimate of drug-likeness (QED) is 0.812. The predicted octanol–water partition coefficient (Wildman–Crippen LogP) is 3.38. The first-order chi connectivity index (χ1) is 10.2. The molecule has 1 fully saturated rings. The van der Waals surface area contributed by atoms with Crippen LogP contribution in [0.5, 0.6) is 0 Å². The van der Waals surface area contributed by atoms with Gasteiger partial charge in [-0.15, -0.1) is 0 Å². The second-order valence-corrected chi connectivity index (χ2v) is 5.70. The Kier molecular flexibility index (Phi) is 4.29. The van der Waals surface area contributed by atoms with Gasteiger partial charge in [0.1, 0.15) is 6.10 Å². The second-order valence-electron chi connectivity index (χ2n) is 5.29. The largest absolute Gasteiger partial charge is 0.451 e. The summed E-state index contributed by atoms with van der Waals surface area (Å²) in [6.07, 6.45) is 0.617. The van der Waals surface area contributed by atoms with E-state index in [0.29, 0.717) is 29.5 Å². The molecule has 5 heteroatoms. The molecule has 2 heterocycles. The van der Waals surface area contributed by atoms with Crippen molar-refractivity contribution in [3.63, 3.8) is 0 Å². The van der Waals surface area contributed by atoms with Crippen LogP contribution < -0.4 is 0 Å². The molecule has 0 amide bonds. The molecule has 0 spiro atoms. The van der Waals surface area contributed by atoms with E-state index in [1.807, 2.05) is 12.1 Å². The van der Waals surface area contributed by atoms with Gasteiger partial charge in [0, 0.05) is 18.5 Å². The first-order valence-corrected chi connectivity index (χ1v) is 7.63. The fraction of sp³-hybridized carbons (Fsp3) is 0.438. The van der Waals surface area contributed by atoms with Gasteiger partial charge in [-0.1, -0.05) is 30.7 Å². The number of rotatable bonds is 4. The first kappa shape index (κ1) is 14.6. The molecule has 1 aliphatic heterocycles. The fourth-order valence-corrected chi connectivity index (χ4v) is 2.91. The lowest BCUT2D eigenvalue weighted by Gasteiger charge is -2.31. The number of hydrogen-bond donors (Lipinski definition) is 0. The van der Waals surface area contributed by atoms with Gasteiger partial charge >= 0.3 is 0 Å². The van der Waals surface area contributed by atoms with E-state index in [2.05, 4.69) is 11.8 Å². The zero-order chi connectivity index (χ0) is 14.8. The number of morpholine rings is 1.